The summed E-state index contributed by atoms with van der Waals surface area (Å²) in [6.45, 7) is 2.19. The van der Waals surface area contributed by atoms with Crippen LogP contribution in [-0.4, -0.2) is 22.5 Å². The lowest BCUT2D eigenvalue weighted by Crippen LogP contribution is -2.41. The van der Waals surface area contributed by atoms with Crippen molar-refractivity contribution in [3.05, 3.63) is 71.8 Å². The van der Waals surface area contributed by atoms with Gasteiger partial charge in [-0.1, -0.05) is 79.3 Å². The van der Waals surface area contributed by atoms with Crippen molar-refractivity contribution in [2.45, 2.75) is 25.4 Å². The molecule has 6 heteroatoms. The molecule has 0 saturated carbocycles. The van der Waals surface area contributed by atoms with E-state index in [0.717, 1.165) is 12.1 Å². The van der Waals surface area contributed by atoms with Crippen molar-refractivity contribution in [1.82, 2.24) is 10.6 Å². The van der Waals surface area contributed by atoms with Crippen LogP contribution in [0.3, 0.4) is 0 Å². The average Bonchev–Trinajstić information content (AvgIpc) is 3.14. The van der Waals surface area contributed by atoms with Crippen molar-refractivity contribution < 1.29 is 4.79 Å². The summed E-state index contributed by atoms with van der Waals surface area (Å²) < 4.78 is 0. The van der Waals surface area contributed by atoms with Crippen LogP contribution in [0, 0.1) is 5.92 Å². The van der Waals surface area contributed by atoms with Gasteiger partial charge in [0.15, 0.2) is 5.17 Å². The summed E-state index contributed by atoms with van der Waals surface area (Å²) in [4.78, 5) is 11.4. The largest absolute Gasteiger partial charge is 0.303 e. The zero-order valence-electron chi connectivity index (χ0n) is 15.1. The summed E-state index contributed by atoms with van der Waals surface area (Å²) in [5.41, 5.74) is 3.54. The third-order valence-electron chi connectivity index (χ3n) is 5.04. The number of amidine groups is 1. The van der Waals surface area contributed by atoms with Crippen LogP contribution in [0.5, 0.6) is 0 Å². The van der Waals surface area contributed by atoms with E-state index in [1.54, 1.807) is 0 Å². The Hall–Kier alpha value is -2.44. The molecule has 2 N–H and O–H groups in total. The van der Waals surface area contributed by atoms with Gasteiger partial charge in [0.25, 0.3) is 0 Å². The first-order valence-electron chi connectivity index (χ1n) is 9.13. The molecule has 2 aromatic carbocycles. The molecule has 3 atom stereocenters. The Labute approximate surface area is 163 Å². The molecular weight excluding hydrogens is 356 g/mol. The van der Waals surface area contributed by atoms with Crippen molar-refractivity contribution in [1.29, 1.82) is 0 Å². The molecule has 3 unspecified atom stereocenters. The number of nitrogens with one attached hydrogen (secondary N) is 2. The summed E-state index contributed by atoms with van der Waals surface area (Å²) in [5, 5.41) is 16.0. The highest BCUT2D eigenvalue weighted by atomic mass is 32.2. The highest BCUT2D eigenvalue weighted by Crippen LogP contribution is 2.35. The van der Waals surface area contributed by atoms with Crippen molar-refractivity contribution in [3.63, 3.8) is 0 Å². The monoisotopic (exact) mass is 378 g/mol. The molecule has 2 fully saturated rings. The molecule has 5 nitrogen and oxygen atoms in total. The van der Waals surface area contributed by atoms with Gasteiger partial charge in [0.1, 0.15) is 0 Å². The van der Waals surface area contributed by atoms with Gasteiger partial charge < -0.3 is 10.6 Å². The van der Waals surface area contributed by atoms with Crippen LogP contribution >= 0.6 is 11.8 Å². The number of piperidine rings is 1. The highest BCUT2D eigenvalue weighted by Gasteiger charge is 2.33. The van der Waals surface area contributed by atoms with Crippen LogP contribution in [-0.2, 0) is 4.79 Å². The molecular formula is C21H22N4OS. The fourth-order valence-electron chi connectivity index (χ4n) is 3.57. The summed E-state index contributed by atoms with van der Waals surface area (Å²) in [5.74, 6) is 0.612. The van der Waals surface area contributed by atoms with E-state index in [9.17, 15) is 4.79 Å². The Balaban J connectivity index is 1.65. The SMILES string of the molecule is CC1/C(=N\N=C2NC(=O)CS2)CC(c2ccccc2)NC1c1ccccc1. The summed E-state index contributed by atoms with van der Waals surface area (Å²) in [6, 6.07) is 21.3. The number of carbonyl (C=O) groups is 1. The van der Waals surface area contributed by atoms with E-state index in [-0.39, 0.29) is 23.9 Å². The van der Waals surface area contributed by atoms with Crippen LogP contribution in [0.4, 0.5) is 0 Å². The number of carbonyl (C=O) groups excluding carboxylic acids is 1. The Morgan fingerprint density at radius 2 is 1.63 bits per heavy atom. The summed E-state index contributed by atoms with van der Waals surface area (Å²) in [6.07, 6.45) is 0.796. The third kappa shape index (κ3) is 4.12. The van der Waals surface area contributed by atoms with Gasteiger partial charge in [-0.2, -0.15) is 5.10 Å². The molecule has 2 aliphatic rings. The predicted octanol–water partition coefficient (Wildman–Crippen LogP) is 3.67. The minimum Gasteiger partial charge on any atom is -0.303 e. The first-order valence-corrected chi connectivity index (χ1v) is 10.1. The van der Waals surface area contributed by atoms with Crippen LogP contribution in [0.25, 0.3) is 0 Å². The minimum absolute atomic E-state index is 0.0124. The number of hydrogen-bond donors (Lipinski definition) is 2. The number of thioether (sulfide) groups is 1. The Morgan fingerprint density at radius 1 is 0.963 bits per heavy atom. The first-order chi connectivity index (χ1) is 13.2. The van der Waals surface area contributed by atoms with Crippen LogP contribution < -0.4 is 10.6 Å². The third-order valence-corrected chi connectivity index (χ3v) is 5.90. The molecule has 138 valence electrons. The average molecular weight is 379 g/mol. The predicted molar refractivity (Wildman–Crippen MR) is 111 cm³/mol. The molecule has 0 aromatic heterocycles. The van der Waals surface area contributed by atoms with Gasteiger partial charge in [-0.15, -0.1) is 5.10 Å². The van der Waals surface area contributed by atoms with E-state index in [0.29, 0.717) is 10.9 Å². The molecule has 2 saturated heterocycles. The van der Waals surface area contributed by atoms with Crippen molar-refractivity contribution in [3.8, 4) is 0 Å². The Bertz CT molecular complexity index is 866. The molecule has 2 heterocycles. The molecule has 2 aromatic rings. The maximum atomic E-state index is 11.4. The standard InChI is InChI=1S/C21H22N4OS/c1-14-17(24-25-21-23-19(26)13-27-21)12-18(15-8-4-2-5-9-15)22-20(14)16-10-6-3-7-11-16/h2-11,14,18,20,22H,12-13H2,1H3,(H,23,25,26)/b24-17-. The van der Waals surface area contributed by atoms with Gasteiger partial charge in [-0.25, -0.2) is 0 Å². The van der Waals surface area contributed by atoms with Gasteiger partial charge in [0.05, 0.1) is 5.75 Å². The van der Waals surface area contributed by atoms with E-state index in [1.165, 1.54) is 22.9 Å². The van der Waals surface area contributed by atoms with E-state index < -0.39 is 0 Å². The normalized spacial score (nSPS) is 28.5. The fourth-order valence-corrected chi connectivity index (χ4v) is 4.20. The minimum atomic E-state index is -0.0124. The maximum absolute atomic E-state index is 11.4. The van der Waals surface area contributed by atoms with Crippen molar-refractivity contribution in [2.24, 2.45) is 16.1 Å². The maximum Gasteiger partial charge on any atom is 0.236 e. The molecule has 0 radical (unpaired) electrons. The van der Waals surface area contributed by atoms with Gasteiger partial charge in [0, 0.05) is 30.1 Å². The molecule has 4 rings (SSSR count). The first kappa shape index (κ1) is 17.9. The van der Waals surface area contributed by atoms with Crippen molar-refractivity contribution >= 4 is 28.5 Å². The second-order valence-corrected chi connectivity index (χ2v) is 7.81. The lowest BCUT2D eigenvalue weighted by Gasteiger charge is -2.37. The highest BCUT2D eigenvalue weighted by molar-refractivity contribution is 8.15. The molecule has 1 amide bonds. The van der Waals surface area contributed by atoms with E-state index in [4.69, 9.17) is 0 Å². The molecule has 2 aliphatic heterocycles. The van der Waals surface area contributed by atoms with Crippen LogP contribution in [0.1, 0.15) is 36.6 Å². The fraction of sp³-hybridized carbons (Fsp3) is 0.286. The lowest BCUT2D eigenvalue weighted by atomic mass is 9.81. The molecule has 27 heavy (non-hydrogen) atoms. The number of rotatable bonds is 3. The lowest BCUT2D eigenvalue weighted by molar-refractivity contribution is -0.116. The summed E-state index contributed by atoms with van der Waals surface area (Å²) >= 11 is 1.40. The van der Waals surface area contributed by atoms with Crippen LogP contribution in [0.2, 0.25) is 0 Å². The number of amides is 1. The summed E-state index contributed by atoms with van der Waals surface area (Å²) in [7, 11) is 0. The van der Waals surface area contributed by atoms with E-state index >= 15 is 0 Å². The van der Waals surface area contributed by atoms with Gasteiger partial charge in [-0.3, -0.25) is 4.79 Å². The number of benzene rings is 2. The second kappa shape index (κ2) is 8.06. The Kier molecular flexibility index (Phi) is 5.36. The van der Waals surface area contributed by atoms with Gasteiger partial charge in [-0.05, 0) is 11.1 Å². The number of nitrogens with zero attached hydrogens (tertiary/aromatic N) is 2. The Morgan fingerprint density at radius 3 is 2.26 bits per heavy atom. The zero-order chi connectivity index (χ0) is 18.6. The topological polar surface area (TPSA) is 65.8 Å². The molecule has 0 spiro atoms. The number of hydrogen-bond acceptors (Lipinski definition) is 5. The second-order valence-electron chi connectivity index (χ2n) is 6.84. The zero-order valence-corrected chi connectivity index (χ0v) is 15.9. The molecule has 0 aliphatic carbocycles. The van der Waals surface area contributed by atoms with Crippen LogP contribution in [0.15, 0.2) is 70.9 Å². The van der Waals surface area contributed by atoms with Gasteiger partial charge in [0.2, 0.25) is 5.91 Å². The quantitative estimate of drug-likeness (QED) is 0.801. The smallest absolute Gasteiger partial charge is 0.236 e. The van der Waals surface area contributed by atoms with E-state index in [1.807, 2.05) is 12.1 Å². The van der Waals surface area contributed by atoms with Crippen molar-refractivity contribution in [2.75, 3.05) is 5.75 Å². The van der Waals surface area contributed by atoms with E-state index in [2.05, 4.69) is 76.3 Å². The van der Waals surface area contributed by atoms with Gasteiger partial charge >= 0.3 is 0 Å². The molecule has 0 bridgehead atoms.